The molecule has 1 aromatic heterocycles. The summed E-state index contributed by atoms with van der Waals surface area (Å²) in [7, 11) is 0. The molecule has 0 spiro atoms. The van der Waals surface area contributed by atoms with Crippen LogP contribution in [0.4, 0.5) is 10.1 Å². The van der Waals surface area contributed by atoms with Gasteiger partial charge in [-0.15, -0.1) is 0 Å². The van der Waals surface area contributed by atoms with Crippen molar-refractivity contribution in [2.75, 3.05) is 11.9 Å². The number of benzene rings is 2. The Morgan fingerprint density at radius 2 is 2.00 bits per heavy atom. The van der Waals surface area contributed by atoms with Crippen LogP contribution in [0.1, 0.15) is 33.6 Å². The molecule has 0 aliphatic carbocycles. The van der Waals surface area contributed by atoms with E-state index in [2.05, 4.69) is 10.6 Å². The van der Waals surface area contributed by atoms with Crippen LogP contribution >= 0.6 is 0 Å². The van der Waals surface area contributed by atoms with E-state index in [4.69, 9.17) is 4.42 Å². The molecule has 2 atom stereocenters. The Morgan fingerprint density at radius 3 is 2.78 bits per heavy atom. The zero-order valence-corrected chi connectivity index (χ0v) is 17.0. The molecule has 2 aromatic carbocycles. The monoisotopic (exact) mass is 433 g/mol. The zero-order chi connectivity index (χ0) is 22.2. The van der Waals surface area contributed by atoms with Gasteiger partial charge in [0.15, 0.2) is 0 Å². The molecule has 3 amide bonds. The molecule has 3 aromatic rings. The van der Waals surface area contributed by atoms with E-state index in [1.165, 1.54) is 24.3 Å². The maximum atomic E-state index is 13.4. The third-order valence-corrected chi connectivity index (χ3v) is 5.90. The lowest BCUT2D eigenvalue weighted by Crippen LogP contribution is -2.55. The summed E-state index contributed by atoms with van der Waals surface area (Å²) in [6, 6.07) is 13.2. The van der Waals surface area contributed by atoms with Gasteiger partial charge in [0.1, 0.15) is 17.6 Å². The van der Waals surface area contributed by atoms with Crippen LogP contribution in [0, 0.1) is 5.82 Å². The average molecular weight is 433 g/mol. The van der Waals surface area contributed by atoms with Crippen LogP contribution in [0.15, 0.2) is 65.3 Å². The largest absolute Gasteiger partial charge is 0.464 e. The fourth-order valence-electron chi connectivity index (χ4n) is 4.28. The van der Waals surface area contributed by atoms with Crippen LogP contribution in [0.5, 0.6) is 0 Å². The van der Waals surface area contributed by atoms with Gasteiger partial charge in [0, 0.05) is 23.7 Å². The van der Waals surface area contributed by atoms with E-state index in [1.807, 2.05) is 0 Å². The summed E-state index contributed by atoms with van der Waals surface area (Å²) in [5.41, 5.74) is 1.81. The highest BCUT2D eigenvalue weighted by Crippen LogP contribution is 2.32. The Kier molecular flexibility index (Phi) is 4.97. The van der Waals surface area contributed by atoms with Crippen molar-refractivity contribution in [3.63, 3.8) is 0 Å². The molecular weight excluding hydrogens is 413 g/mol. The lowest BCUT2D eigenvalue weighted by Gasteiger charge is -2.37. The smallest absolute Gasteiger partial charge is 0.256 e. The van der Waals surface area contributed by atoms with Crippen LogP contribution in [0.3, 0.4) is 0 Å². The molecule has 8 heteroatoms. The van der Waals surface area contributed by atoms with Crippen LogP contribution in [0.25, 0.3) is 11.3 Å². The number of nitrogens with zero attached hydrogens (tertiary/aromatic N) is 1. The summed E-state index contributed by atoms with van der Waals surface area (Å²) in [4.78, 5) is 40.3. The van der Waals surface area contributed by atoms with Crippen molar-refractivity contribution in [2.45, 2.75) is 24.9 Å². The van der Waals surface area contributed by atoms with Crippen molar-refractivity contribution < 1.29 is 23.2 Å². The first-order valence-electron chi connectivity index (χ1n) is 10.4. The first-order chi connectivity index (χ1) is 15.5. The van der Waals surface area contributed by atoms with Gasteiger partial charge in [-0.1, -0.05) is 6.07 Å². The number of hydrogen-bond donors (Lipinski definition) is 2. The number of piperidine rings is 1. The third-order valence-electron chi connectivity index (χ3n) is 5.90. The summed E-state index contributed by atoms with van der Waals surface area (Å²) in [6.45, 7) is 0.315. The average Bonchev–Trinajstić information content (AvgIpc) is 3.31. The predicted molar refractivity (Wildman–Crippen MR) is 114 cm³/mol. The number of furan rings is 1. The second-order valence-corrected chi connectivity index (χ2v) is 7.95. The van der Waals surface area contributed by atoms with E-state index in [0.717, 1.165) is 5.56 Å². The molecule has 32 heavy (non-hydrogen) atoms. The molecule has 2 aliphatic heterocycles. The molecule has 5 rings (SSSR count). The van der Waals surface area contributed by atoms with Gasteiger partial charge in [-0.3, -0.25) is 14.4 Å². The first-order valence-corrected chi connectivity index (χ1v) is 10.4. The minimum absolute atomic E-state index is 0.215. The van der Waals surface area contributed by atoms with E-state index in [0.29, 0.717) is 30.0 Å². The van der Waals surface area contributed by atoms with E-state index in [1.54, 1.807) is 41.5 Å². The van der Waals surface area contributed by atoms with Crippen molar-refractivity contribution in [3.8, 4) is 11.3 Å². The molecule has 3 heterocycles. The number of anilines is 1. The van der Waals surface area contributed by atoms with Crippen molar-refractivity contribution in [3.05, 3.63) is 77.8 Å². The summed E-state index contributed by atoms with van der Waals surface area (Å²) < 4.78 is 18.9. The number of hydrogen-bond acceptors (Lipinski definition) is 4. The fourth-order valence-corrected chi connectivity index (χ4v) is 4.28. The lowest BCUT2D eigenvalue weighted by molar-refractivity contribution is -0.121. The maximum Gasteiger partial charge on any atom is 0.256 e. The Labute approximate surface area is 183 Å². The molecule has 162 valence electrons. The fraction of sp³-hybridized carbons (Fsp3) is 0.208. The van der Waals surface area contributed by atoms with Gasteiger partial charge in [-0.05, 0) is 61.4 Å². The summed E-state index contributed by atoms with van der Waals surface area (Å²) in [5, 5.41) is 5.71. The molecule has 1 saturated heterocycles. The van der Waals surface area contributed by atoms with Crippen molar-refractivity contribution in [2.24, 2.45) is 0 Å². The number of amides is 3. The van der Waals surface area contributed by atoms with Gasteiger partial charge >= 0.3 is 0 Å². The molecule has 2 N–H and O–H groups in total. The molecule has 1 fully saturated rings. The van der Waals surface area contributed by atoms with E-state index in [-0.39, 0.29) is 29.8 Å². The minimum Gasteiger partial charge on any atom is -0.464 e. The number of halogens is 1. The molecule has 2 unspecified atom stereocenters. The van der Waals surface area contributed by atoms with E-state index < -0.39 is 17.8 Å². The van der Waals surface area contributed by atoms with Gasteiger partial charge in [0.25, 0.3) is 11.8 Å². The molecular formula is C24H20FN3O4. The minimum atomic E-state index is -0.714. The van der Waals surface area contributed by atoms with Gasteiger partial charge in [-0.25, -0.2) is 4.39 Å². The highest BCUT2D eigenvalue weighted by Gasteiger charge is 2.40. The second kappa shape index (κ2) is 7.96. The Bertz CT molecular complexity index is 1210. The predicted octanol–water partition coefficient (Wildman–Crippen LogP) is 3.44. The molecule has 0 saturated carbocycles. The number of nitrogens with one attached hydrogen (secondary N) is 2. The van der Waals surface area contributed by atoms with Gasteiger partial charge in [0.05, 0.1) is 17.5 Å². The highest BCUT2D eigenvalue weighted by molar-refractivity contribution is 6.10. The molecule has 0 bridgehead atoms. The number of carbonyl (C=O) groups excluding carboxylic acids is 3. The summed E-state index contributed by atoms with van der Waals surface area (Å²) >= 11 is 0. The van der Waals surface area contributed by atoms with Crippen LogP contribution < -0.4 is 10.6 Å². The van der Waals surface area contributed by atoms with Crippen LogP contribution in [-0.4, -0.2) is 41.2 Å². The number of rotatable bonds is 3. The van der Waals surface area contributed by atoms with Gasteiger partial charge in [0.2, 0.25) is 5.91 Å². The highest BCUT2D eigenvalue weighted by atomic mass is 19.1. The van der Waals surface area contributed by atoms with Crippen LogP contribution in [0.2, 0.25) is 0 Å². The van der Waals surface area contributed by atoms with Gasteiger partial charge < -0.3 is 20.0 Å². The van der Waals surface area contributed by atoms with Gasteiger partial charge in [-0.2, -0.15) is 0 Å². The topological polar surface area (TPSA) is 91.7 Å². The standard InChI is InChI=1S/C24H20FN3O4/c25-16-4-1-3-15(11-16)22(29)26-17-8-9-28-20(13-17)23(30)27-19-7-6-14(12-18(19)24(28)31)21-5-2-10-32-21/h1-7,10-12,17,20H,8-9,13H2,(H,26,29)(H,27,30). The Morgan fingerprint density at radius 1 is 1.12 bits per heavy atom. The quantitative estimate of drug-likeness (QED) is 0.662. The van der Waals surface area contributed by atoms with Crippen molar-refractivity contribution in [1.82, 2.24) is 10.2 Å². The van der Waals surface area contributed by atoms with Crippen LogP contribution in [-0.2, 0) is 4.79 Å². The summed E-state index contributed by atoms with van der Waals surface area (Å²) in [6.07, 6.45) is 2.32. The third kappa shape index (κ3) is 3.64. The maximum absolute atomic E-state index is 13.4. The normalized spacial score (nSPS) is 20.1. The van der Waals surface area contributed by atoms with E-state index >= 15 is 0 Å². The zero-order valence-electron chi connectivity index (χ0n) is 17.0. The molecule has 7 nitrogen and oxygen atoms in total. The first kappa shape index (κ1) is 20.0. The lowest BCUT2D eigenvalue weighted by atomic mass is 9.95. The molecule has 0 radical (unpaired) electrons. The SMILES string of the molecule is O=C(NC1CCN2C(=O)c3cc(-c4ccco4)ccc3NC(=O)C2C1)c1cccc(F)c1. The van der Waals surface area contributed by atoms with Crippen molar-refractivity contribution >= 4 is 23.4 Å². The number of fused-ring (bicyclic) bond motifs is 2. The molecule has 2 aliphatic rings. The van der Waals surface area contributed by atoms with E-state index in [9.17, 15) is 18.8 Å². The second-order valence-electron chi connectivity index (χ2n) is 7.95. The number of carbonyl (C=O) groups is 3. The Balaban J connectivity index is 1.36. The summed E-state index contributed by atoms with van der Waals surface area (Å²) in [5.74, 6) is -0.812. The van der Waals surface area contributed by atoms with Crippen molar-refractivity contribution in [1.29, 1.82) is 0 Å². The Hall–Kier alpha value is -3.94.